The molecule has 2 heterocycles. The molecule has 0 N–H and O–H groups in total. The molecule has 0 unspecified atom stereocenters. The Morgan fingerprint density at radius 1 is 1.28 bits per heavy atom. The molecular weight excluding hydrogens is 228 g/mol. The molecule has 1 amide bonds. The van der Waals surface area contributed by atoms with Crippen molar-refractivity contribution >= 4 is 11.7 Å². The van der Waals surface area contributed by atoms with E-state index in [-0.39, 0.29) is 5.91 Å². The molecule has 1 aliphatic rings. The van der Waals surface area contributed by atoms with E-state index in [4.69, 9.17) is 0 Å². The molecule has 1 aromatic rings. The summed E-state index contributed by atoms with van der Waals surface area (Å²) < 4.78 is 0. The zero-order valence-electron chi connectivity index (χ0n) is 11.3. The maximum Gasteiger partial charge on any atom is 0.254 e. The van der Waals surface area contributed by atoms with Crippen LogP contribution in [0.2, 0.25) is 0 Å². The summed E-state index contributed by atoms with van der Waals surface area (Å²) in [5.74, 6) is 0.920. The summed E-state index contributed by atoms with van der Waals surface area (Å²) in [6.45, 7) is 3.48. The highest BCUT2D eigenvalue weighted by atomic mass is 16.2. The van der Waals surface area contributed by atoms with Gasteiger partial charge in [-0.2, -0.15) is 0 Å². The molecule has 1 fully saturated rings. The lowest BCUT2D eigenvalue weighted by atomic mass is 10.2. The van der Waals surface area contributed by atoms with Gasteiger partial charge in [0.2, 0.25) is 0 Å². The lowest BCUT2D eigenvalue weighted by Gasteiger charge is -2.32. The minimum atomic E-state index is 0.105. The number of carbonyl (C=O) groups is 1. The average molecular weight is 248 g/mol. The van der Waals surface area contributed by atoms with E-state index in [1.807, 2.05) is 30.0 Å². The number of likely N-dealkylation sites (N-methyl/N-ethyl adjacent to an activating group) is 1. The fraction of sp³-hybridized carbons (Fsp3) is 0.538. The van der Waals surface area contributed by atoms with Crippen LogP contribution in [0.3, 0.4) is 0 Å². The van der Waals surface area contributed by atoms with Crippen LogP contribution in [-0.2, 0) is 0 Å². The number of hydrogen-bond acceptors (Lipinski definition) is 4. The number of aromatic nitrogens is 1. The summed E-state index contributed by atoms with van der Waals surface area (Å²) in [6, 6.07) is 3.63. The number of rotatable bonds is 2. The highest BCUT2D eigenvalue weighted by Crippen LogP contribution is 2.13. The summed E-state index contributed by atoms with van der Waals surface area (Å²) in [4.78, 5) is 22.6. The van der Waals surface area contributed by atoms with Crippen LogP contribution < -0.4 is 4.90 Å². The first-order valence-corrected chi connectivity index (χ1v) is 6.19. The Morgan fingerprint density at radius 3 is 2.56 bits per heavy atom. The molecule has 2 rings (SSSR count). The van der Waals surface area contributed by atoms with Crippen LogP contribution in [0.25, 0.3) is 0 Å². The van der Waals surface area contributed by atoms with Crippen LogP contribution in [0.4, 0.5) is 5.82 Å². The number of piperazine rings is 1. The van der Waals surface area contributed by atoms with E-state index >= 15 is 0 Å². The van der Waals surface area contributed by atoms with Gasteiger partial charge in [0.05, 0.1) is 0 Å². The van der Waals surface area contributed by atoms with E-state index in [0.717, 1.165) is 37.6 Å². The molecule has 0 radical (unpaired) electrons. The Labute approximate surface area is 108 Å². The number of amides is 1. The molecule has 5 heteroatoms. The Bertz CT molecular complexity index is 425. The molecule has 5 nitrogen and oxygen atoms in total. The fourth-order valence-corrected chi connectivity index (χ4v) is 1.99. The maximum absolute atomic E-state index is 12.3. The van der Waals surface area contributed by atoms with Crippen molar-refractivity contribution in [3.63, 3.8) is 0 Å². The Balaban J connectivity index is 2.11. The normalized spacial score (nSPS) is 16.7. The first-order chi connectivity index (χ1) is 8.58. The van der Waals surface area contributed by atoms with E-state index in [9.17, 15) is 4.79 Å². The van der Waals surface area contributed by atoms with Crippen molar-refractivity contribution in [1.29, 1.82) is 0 Å². The van der Waals surface area contributed by atoms with Gasteiger partial charge >= 0.3 is 0 Å². The van der Waals surface area contributed by atoms with Gasteiger partial charge in [-0.3, -0.25) is 4.79 Å². The number of carbonyl (C=O) groups excluding carboxylic acids is 1. The third-order valence-corrected chi connectivity index (χ3v) is 3.24. The van der Waals surface area contributed by atoms with Crippen LogP contribution in [-0.4, -0.2) is 68.0 Å². The van der Waals surface area contributed by atoms with Crippen molar-refractivity contribution < 1.29 is 4.79 Å². The topological polar surface area (TPSA) is 39.7 Å². The summed E-state index contributed by atoms with van der Waals surface area (Å²) >= 11 is 0. The van der Waals surface area contributed by atoms with E-state index in [1.54, 1.807) is 12.3 Å². The minimum Gasteiger partial charge on any atom is -0.363 e. The number of hydrogen-bond donors (Lipinski definition) is 0. The van der Waals surface area contributed by atoms with Gasteiger partial charge in [-0.05, 0) is 19.2 Å². The van der Waals surface area contributed by atoms with E-state index in [0.29, 0.717) is 0 Å². The van der Waals surface area contributed by atoms with E-state index < -0.39 is 0 Å². The Morgan fingerprint density at radius 2 is 1.94 bits per heavy atom. The van der Waals surface area contributed by atoms with Crippen molar-refractivity contribution in [2.24, 2.45) is 0 Å². The summed E-state index contributed by atoms with van der Waals surface area (Å²) in [6.07, 6.45) is 1.69. The predicted octanol–water partition coefficient (Wildman–Crippen LogP) is 0.535. The van der Waals surface area contributed by atoms with Crippen LogP contribution in [0.5, 0.6) is 0 Å². The van der Waals surface area contributed by atoms with Gasteiger partial charge in [0.15, 0.2) is 0 Å². The van der Waals surface area contributed by atoms with Crippen molar-refractivity contribution in [2.75, 3.05) is 52.2 Å². The molecule has 1 aliphatic heterocycles. The largest absolute Gasteiger partial charge is 0.363 e. The summed E-state index contributed by atoms with van der Waals surface area (Å²) in [5, 5.41) is 0. The van der Waals surface area contributed by atoms with Crippen LogP contribution in [0.15, 0.2) is 18.3 Å². The maximum atomic E-state index is 12.3. The lowest BCUT2D eigenvalue weighted by molar-refractivity contribution is 0.0664. The van der Waals surface area contributed by atoms with Gasteiger partial charge in [-0.15, -0.1) is 0 Å². The van der Waals surface area contributed by atoms with Crippen molar-refractivity contribution in [2.45, 2.75) is 0 Å². The average Bonchev–Trinajstić information content (AvgIpc) is 2.39. The first kappa shape index (κ1) is 12.8. The second-order valence-electron chi connectivity index (χ2n) is 4.89. The molecule has 0 saturated carbocycles. The monoisotopic (exact) mass is 248 g/mol. The van der Waals surface area contributed by atoms with Crippen LogP contribution in [0.1, 0.15) is 10.4 Å². The first-order valence-electron chi connectivity index (χ1n) is 6.19. The highest BCUT2D eigenvalue weighted by Gasteiger charge is 2.20. The van der Waals surface area contributed by atoms with Gasteiger partial charge in [0.1, 0.15) is 5.82 Å². The van der Waals surface area contributed by atoms with Crippen molar-refractivity contribution in [1.82, 2.24) is 14.8 Å². The third-order valence-electron chi connectivity index (χ3n) is 3.24. The Kier molecular flexibility index (Phi) is 3.81. The second-order valence-corrected chi connectivity index (χ2v) is 4.89. The molecule has 98 valence electrons. The van der Waals surface area contributed by atoms with E-state index in [1.165, 1.54) is 0 Å². The molecular formula is C13H20N4O. The molecule has 18 heavy (non-hydrogen) atoms. The zero-order valence-corrected chi connectivity index (χ0v) is 11.3. The Hall–Kier alpha value is -1.62. The minimum absolute atomic E-state index is 0.105. The summed E-state index contributed by atoms with van der Waals surface area (Å²) in [7, 11) is 5.93. The van der Waals surface area contributed by atoms with Crippen LogP contribution in [0, 0.1) is 0 Å². The van der Waals surface area contributed by atoms with Gasteiger partial charge in [-0.25, -0.2) is 4.98 Å². The van der Waals surface area contributed by atoms with Gasteiger partial charge in [0, 0.05) is 52.0 Å². The number of nitrogens with zero attached hydrogens (tertiary/aromatic N) is 4. The quantitative estimate of drug-likeness (QED) is 0.765. The lowest BCUT2D eigenvalue weighted by Crippen LogP contribution is -2.47. The molecule has 0 aliphatic carbocycles. The smallest absolute Gasteiger partial charge is 0.254 e. The number of anilines is 1. The molecule has 0 bridgehead atoms. The molecule has 1 aromatic heterocycles. The second kappa shape index (κ2) is 5.35. The van der Waals surface area contributed by atoms with Gasteiger partial charge in [-0.1, -0.05) is 0 Å². The SMILES string of the molecule is CN1CCN(C(=O)c2ccnc(N(C)C)c2)CC1. The molecule has 0 spiro atoms. The third kappa shape index (κ3) is 2.79. The predicted molar refractivity (Wildman–Crippen MR) is 72.0 cm³/mol. The molecule has 0 aromatic carbocycles. The fourth-order valence-electron chi connectivity index (χ4n) is 1.99. The van der Waals surface area contributed by atoms with Gasteiger partial charge in [0.25, 0.3) is 5.91 Å². The van der Waals surface area contributed by atoms with E-state index in [2.05, 4.69) is 16.9 Å². The van der Waals surface area contributed by atoms with Gasteiger partial charge < -0.3 is 14.7 Å². The standard InChI is InChI=1S/C13H20N4O/c1-15(2)12-10-11(4-5-14-12)13(18)17-8-6-16(3)7-9-17/h4-5,10H,6-9H2,1-3H3. The highest BCUT2D eigenvalue weighted by molar-refractivity contribution is 5.94. The molecule has 1 saturated heterocycles. The molecule has 0 atom stereocenters. The summed E-state index contributed by atoms with van der Waals surface area (Å²) in [5.41, 5.74) is 0.721. The zero-order chi connectivity index (χ0) is 13.1. The number of pyridine rings is 1. The van der Waals surface area contributed by atoms with Crippen molar-refractivity contribution in [3.05, 3.63) is 23.9 Å². The van der Waals surface area contributed by atoms with Crippen LogP contribution >= 0.6 is 0 Å². The van der Waals surface area contributed by atoms with Crippen molar-refractivity contribution in [3.8, 4) is 0 Å².